The number of benzene rings is 1. The number of nitrogens with zero attached hydrogens (tertiary/aromatic N) is 2. The number of ether oxygens (including phenoxy) is 4. The highest BCUT2D eigenvalue weighted by Crippen LogP contribution is 2.37. The summed E-state index contributed by atoms with van der Waals surface area (Å²) in [5.41, 5.74) is 0.674. The summed E-state index contributed by atoms with van der Waals surface area (Å²) in [6, 6.07) is 5.79. The highest BCUT2D eigenvalue weighted by atomic mass is 16.5. The molecule has 220 valence electrons. The standard InChI is InChI=1S/C31H44N2O7/c1-21(34)37-19-23-8-12-26(13-9-23)39-27-4-3-5-28-29(27)30(32-40-28)38-20-24-14-16-33(17-15-24)18-22-6-10-25(11-7-22)31(35)36-2/h3-5,22-26H,6-20H2,1-2H3. The van der Waals surface area contributed by atoms with Crippen LogP contribution in [0, 0.1) is 23.7 Å². The van der Waals surface area contributed by atoms with Crippen LogP contribution in [0.25, 0.3) is 11.0 Å². The van der Waals surface area contributed by atoms with E-state index in [1.807, 2.05) is 18.2 Å². The van der Waals surface area contributed by atoms with Crippen molar-refractivity contribution in [1.82, 2.24) is 10.1 Å². The maximum absolute atomic E-state index is 11.8. The van der Waals surface area contributed by atoms with Crippen LogP contribution in [0.2, 0.25) is 0 Å². The molecular weight excluding hydrogens is 512 g/mol. The van der Waals surface area contributed by atoms with Crippen LogP contribution < -0.4 is 9.47 Å². The number of hydrogen-bond donors (Lipinski definition) is 0. The molecule has 2 aliphatic carbocycles. The number of rotatable bonds is 10. The van der Waals surface area contributed by atoms with E-state index in [1.54, 1.807) is 0 Å². The third-order valence-electron chi connectivity index (χ3n) is 9.10. The Morgan fingerprint density at radius 3 is 2.33 bits per heavy atom. The van der Waals surface area contributed by atoms with Crippen molar-refractivity contribution < 1.29 is 33.1 Å². The summed E-state index contributed by atoms with van der Waals surface area (Å²) < 4.78 is 28.4. The lowest BCUT2D eigenvalue weighted by Crippen LogP contribution is -2.39. The first-order valence-electron chi connectivity index (χ1n) is 15.1. The summed E-state index contributed by atoms with van der Waals surface area (Å²) in [5, 5.41) is 5.04. The zero-order valence-corrected chi connectivity index (χ0v) is 24.0. The van der Waals surface area contributed by atoms with Crippen molar-refractivity contribution >= 4 is 22.9 Å². The van der Waals surface area contributed by atoms with E-state index in [9.17, 15) is 9.59 Å². The summed E-state index contributed by atoms with van der Waals surface area (Å²) >= 11 is 0. The molecule has 0 unspecified atom stereocenters. The third-order valence-corrected chi connectivity index (χ3v) is 9.10. The van der Waals surface area contributed by atoms with Gasteiger partial charge in [0.1, 0.15) is 11.1 Å². The van der Waals surface area contributed by atoms with Gasteiger partial charge in [0.25, 0.3) is 5.88 Å². The van der Waals surface area contributed by atoms with Gasteiger partial charge in [0.05, 0.1) is 32.3 Å². The number of carbonyl (C=O) groups is 2. The van der Waals surface area contributed by atoms with Crippen LogP contribution in [-0.4, -0.2) is 68.1 Å². The molecule has 9 heteroatoms. The van der Waals surface area contributed by atoms with Crippen LogP contribution in [0.1, 0.15) is 71.1 Å². The Kier molecular flexibility index (Phi) is 9.83. The Morgan fingerprint density at radius 1 is 0.925 bits per heavy atom. The lowest BCUT2D eigenvalue weighted by atomic mass is 9.81. The molecular formula is C31H44N2O7. The zero-order chi connectivity index (χ0) is 27.9. The number of fused-ring (bicyclic) bond motifs is 1. The zero-order valence-electron chi connectivity index (χ0n) is 24.0. The highest BCUT2D eigenvalue weighted by Gasteiger charge is 2.30. The molecule has 2 heterocycles. The number of esters is 2. The molecule has 0 radical (unpaired) electrons. The Bertz CT molecular complexity index is 1110. The average molecular weight is 557 g/mol. The van der Waals surface area contributed by atoms with Crippen LogP contribution in [0.15, 0.2) is 22.7 Å². The van der Waals surface area contributed by atoms with E-state index in [4.69, 9.17) is 23.5 Å². The molecule has 1 saturated heterocycles. The van der Waals surface area contributed by atoms with Gasteiger partial charge >= 0.3 is 11.9 Å². The summed E-state index contributed by atoms with van der Waals surface area (Å²) in [4.78, 5) is 25.5. The quantitative estimate of drug-likeness (QED) is 0.356. The normalized spacial score (nSPS) is 26.4. The lowest BCUT2D eigenvalue weighted by Gasteiger charge is -2.36. The molecule has 3 fully saturated rings. The van der Waals surface area contributed by atoms with Crippen molar-refractivity contribution in [3.8, 4) is 11.6 Å². The topological polar surface area (TPSA) is 100 Å². The van der Waals surface area contributed by atoms with Crippen molar-refractivity contribution in [2.24, 2.45) is 23.7 Å². The number of aromatic nitrogens is 1. The van der Waals surface area contributed by atoms with Crippen LogP contribution >= 0.6 is 0 Å². The van der Waals surface area contributed by atoms with Gasteiger partial charge in [0.15, 0.2) is 5.58 Å². The first-order valence-corrected chi connectivity index (χ1v) is 15.1. The van der Waals surface area contributed by atoms with Crippen molar-refractivity contribution in [3.63, 3.8) is 0 Å². The van der Waals surface area contributed by atoms with Crippen molar-refractivity contribution in [2.45, 2.75) is 77.2 Å². The lowest BCUT2D eigenvalue weighted by molar-refractivity contribution is -0.147. The predicted octanol–water partition coefficient (Wildman–Crippen LogP) is 5.40. The molecule has 0 N–H and O–H groups in total. The van der Waals surface area contributed by atoms with Crippen molar-refractivity contribution in [2.75, 3.05) is 40.0 Å². The van der Waals surface area contributed by atoms with Gasteiger partial charge in [0.2, 0.25) is 0 Å². The van der Waals surface area contributed by atoms with Gasteiger partial charge < -0.3 is 28.4 Å². The third kappa shape index (κ3) is 7.47. The van der Waals surface area contributed by atoms with Crippen LogP contribution in [0.3, 0.4) is 0 Å². The first kappa shape index (κ1) is 28.7. The largest absolute Gasteiger partial charge is 0.489 e. The number of piperidine rings is 1. The van der Waals surface area contributed by atoms with Gasteiger partial charge in [0, 0.05) is 13.5 Å². The average Bonchev–Trinajstić information content (AvgIpc) is 3.40. The van der Waals surface area contributed by atoms with E-state index in [0.717, 1.165) is 95.0 Å². The summed E-state index contributed by atoms with van der Waals surface area (Å²) in [7, 11) is 1.49. The molecule has 0 atom stereocenters. The number of carbonyl (C=O) groups excluding carboxylic acids is 2. The molecule has 3 aliphatic rings. The molecule has 40 heavy (non-hydrogen) atoms. The van der Waals surface area contributed by atoms with E-state index in [2.05, 4.69) is 10.1 Å². The maximum Gasteiger partial charge on any atom is 0.308 e. The van der Waals surface area contributed by atoms with E-state index >= 15 is 0 Å². The van der Waals surface area contributed by atoms with Gasteiger partial charge in [-0.05, 0) is 112 Å². The molecule has 1 aliphatic heterocycles. The first-order chi connectivity index (χ1) is 19.5. The molecule has 1 aromatic heterocycles. The number of hydrogen-bond acceptors (Lipinski definition) is 9. The molecule has 0 amide bonds. The Morgan fingerprint density at radius 2 is 1.62 bits per heavy atom. The summed E-state index contributed by atoms with van der Waals surface area (Å²) in [6.07, 6.45) is 10.3. The van der Waals surface area contributed by atoms with E-state index in [-0.39, 0.29) is 24.0 Å². The van der Waals surface area contributed by atoms with Crippen LogP contribution in [0.4, 0.5) is 0 Å². The van der Waals surface area contributed by atoms with E-state index in [1.165, 1.54) is 14.0 Å². The van der Waals surface area contributed by atoms with E-state index in [0.29, 0.717) is 42.4 Å². The van der Waals surface area contributed by atoms with Crippen molar-refractivity contribution in [1.29, 1.82) is 0 Å². The van der Waals surface area contributed by atoms with Gasteiger partial charge in [-0.3, -0.25) is 9.59 Å². The van der Waals surface area contributed by atoms with Crippen LogP contribution in [0.5, 0.6) is 11.6 Å². The second kappa shape index (κ2) is 13.7. The summed E-state index contributed by atoms with van der Waals surface area (Å²) in [6.45, 7) is 5.87. The summed E-state index contributed by atoms with van der Waals surface area (Å²) in [5.74, 6) is 2.67. The Balaban J connectivity index is 1.07. The minimum Gasteiger partial charge on any atom is -0.489 e. The molecule has 9 nitrogen and oxygen atoms in total. The maximum atomic E-state index is 11.8. The molecule has 2 saturated carbocycles. The van der Waals surface area contributed by atoms with Gasteiger partial charge in [-0.1, -0.05) is 6.07 Å². The fraction of sp³-hybridized carbons (Fsp3) is 0.710. The Hall–Kier alpha value is -2.81. The van der Waals surface area contributed by atoms with Gasteiger partial charge in [-0.15, -0.1) is 0 Å². The molecule has 2 aromatic rings. The Labute approximate surface area is 236 Å². The molecule has 5 rings (SSSR count). The highest BCUT2D eigenvalue weighted by molar-refractivity contribution is 5.88. The fourth-order valence-corrected chi connectivity index (χ4v) is 6.61. The van der Waals surface area contributed by atoms with E-state index < -0.39 is 0 Å². The minimum absolute atomic E-state index is 0.0435. The van der Waals surface area contributed by atoms with Crippen molar-refractivity contribution in [3.05, 3.63) is 18.2 Å². The van der Waals surface area contributed by atoms with Gasteiger partial charge in [-0.25, -0.2) is 0 Å². The van der Waals surface area contributed by atoms with Gasteiger partial charge in [-0.2, -0.15) is 0 Å². The van der Waals surface area contributed by atoms with Crippen LogP contribution in [-0.2, 0) is 19.1 Å². The molecule has 1 aromatic carbocycles. The fourth-order valence-electron chi connectivity index (χ4n) is 6.61. The predicted molar refractivity (Wildman–Crippen MR) is 149 cm³/mol. The minimum atomic E-state index is -0.216. The molecule has 0 bridgehead atoms. The number of likely N-dealkylation sites (tertiary alicyclic amines) is 1. The SMILES string of the molecule is COC(=O)C1CCC(CN2CCC(COc3noc4cccc(OC5CCC(COC(C)=O)CC5)c34)CC2)CC1. The smallest absolute Gasteiger partial charge is 0.308 e. The second-order valence-corrected chi connectivity index (χ2v) is 12.0. The molecule has 0 spiro atoms. The monoisotopic (exact) mass is 556 g/mol. The second-order valence-electron chi connectivity index (χ2n) is 12.0. The number of methoxy groups -OCH3 is 1.